The maximum Gasteiger partial charge on any atom is 0.301 e. The number of nitrogens with two attached hydrogens (primary N) is 1. The van der Waals surface area contributed by atoms with E-state index < -0.39 is 21.2 Å². The van der Waals surface area contributed by atoms with Gasteiger partial charge in [0.05, 0.1) is 35.7 Å². The van der Waals surface area contributed by atoms with Crippen LogP contribution in [0.15, 0.2) is 70.9 Å². The molecule has 0 saturated carbocycles. The van der Waals surface area contributed by atoms with Crippen LogP contribution in [0.25, 0.3) is 16.9 Å². The van der Waals surface area contributed by atoms with Gasteiger partial charge in [-0.25, -0.2) is 4.68 Å². The second-order valence-electron chi connectivity index (χ2n) is 7.58. The minimum atomic E-state index is -0.763. The van der Waals surface area contributed by atoms with Gasteiger partial charge in [-0.2, -0.15) is 10.4 Å². The summed E-state index contributed by atoms with van der Waals surface area (Å²) >= 11 is 0. The topological polar surface area (TPSA) is 197 Å². The Labute approximate surface area is 214 Å². The number of methoxy groups -OCH3 is 2. The molecule has 14 heteroatoms. The number of anilines is 1. The Balaban J connectivity index is 1.93. The Kier molecular flexibility index (Phi) is 6.92. The van der Waals surface area contributed by atoms with Gasteiger partial charge in [-0.15, -0.1) is 10.2 Å². The maximum absolute atomic E-state index is 11.7. The van der Waals surface area contributed by atoms with Crippen molar-refractivity contribution in [2.24, 2.45) is 10.2 Å². The molecule has 0 spiro atoms. The molecule has 4 aromatic rings. The Morgan fingerprint density at radius 1 is 0.974 bits per heavy atom. The summed E-state index contributed by atoms with van der Waals surface area (Å²) in [6, 6.07) is 16.8. The molecule has 0 aliphatic rings. The highest BCUT2D eigenvalue weighted by molar-refractivity contribution is 5.81. The number of nitrogens with zero attached hydrogens (tertiary/aromatic N) is 7. The van der Waals surface area contributed by atoms with Gasteiger partial charge in [0.15, 0.2) is 11.5 Å². The summed E-state index contributed by atoms with van der Waals surface area (Å²) in [4.78, 5) is 21.4. The third-order valence-electron chi connectivity index (χ3n) is 5.42. The van der Waals surface area contributed by atoms with E-state index >= 15 is 0 Å². The average molecular weight is 514 g/mol. The van der Waals surface area contributed by atoms with E-state index in [0.29, 0.717) is 5.56 Å². The molecule has 0 unspecified atom stereocenters. The molecule has 14 nitrogen and oxygen atoms in total. The molecule has 38 heavy (non-hydrogen) atoms. The van der Waals surface area contributed by atoms with Gasteiger partial charge in [0.1, 0.15) is 34.6 Å². The van der Waals surface area contributed by atoms with Gasteiger partial charge in [0.25, 0.3) is 5.69 Å². The molecule has 3 aromatic carbocycles. The minimum Gasteiger partial charge on any atom is -0.495 e. The van der Waals surface area contributed by atoms with Gasteiger partial charge >= 0.3 is 5.69 Å². The Bertz CT molecular complexity index is 1630. The van der Waals surface area contributed by atoms with E-state index in [2.05, 4.69) is 15.3 Å². The van der Waals surface area contributed by atoms with E-state index in [9.17, 15) is 25.5 Å². The fourth-order valence-electron chi connectivity index (χ4n) is 3.60. The highest BCUT2D eigenvalue weighted by Crippen LogP contribution is 2.41. The number of hydrogen-bond donors (Lipinski definition) is 1. The molecule has 0 saturated heterocycles. The van der Waals surface area contributed by atoms with Crippen molar-refractivity contribution in [1.29, 1.82) is 5.26 Å². The molecule has 0 radical (unpaired) electrons. The molecular weight excluding hydrogens is 496 g/mol. The first-order valence-corrected chi connectivity index (χ1v) is 10.7. The summed E-state index contributed by atoms with van der Waals surface area (Å²) in [7, 11) is 2.80. The number of nitro groups is 2. The van der Waals surface area contributed by atoms with Crippen LogP contribution in [-0.2, 0) is 0 Å². The minimum absolute atomic E-state index is 0.0780. The van der Waals surface area contributed by atoms with Crippen molar-refractivity contribution in [2.75, 3.05) is 20.0 Å². The fraction of sp³-hybridized carbons (Fsp3) is 0.0833. The van der Waals surface area contributed by atoms with Gasteiger partial charge in [-0.05, 0) is 6.07 Å². The first-order chi connectivity index (χ1) is 18.3. The molecule has 0 amide bonds. The number of nitro benzene ring substituents is 2. The molecule has 4 rings (SSSR count). The number of azo groups is 1. The monoisotopic (exact) mass is 514 g/mol. The van der Waals surface area contributed by atoms with E-state index in [1.54, 1.807) is 30.3 Å². The van der Waals surface area contributed by atoms with Crippen LogP contribution in [0.5, 0.6) is 11.5 Å². The highest BCUT2D eigenvalue weighted by Gasteiger charge is 2.26. The quantitative estimate of drug-likeness (QED) is 0.185. The van der Waals surface area contributed by atoms with Crippen molar-refractivity contribution >= 4 is 28.6 Å². The van der Waals surface area contributed by atoms with Gasteiger partial charge < -0.3 is 15.2 Å². The van der Waals surface area contributed by atoms with Crippen molar-refractivity contribution < 1.29 is 19.3 Å². The zero-order valence-electron chi connectivity index (χ0n) is 19.9. The third-order valence-corrected chi connectivity index (χ3v) is 5.42. The van der Waals surface area contributed by atoms with Crippen LogP contribution in [0.1, 0.15) is 5.56 Å². The number of non-ortho nitro benzene ring substituents is 1. The molecule has 0 aliphatic heterocycles. The lowest BCUT2D eigenvalue weighted by atomic mass is 10.1. The largest absolute Gasteiger partial charge is 0.495 e. The summed E-state index contributed by atoms with van der Waals surface area (Å²) < 4.78 is 11.6. The lowest BCUT2D eigenvalue weighted by Crippen LogP contribution is -2.06. The van der Waals surface area contributed by atoms with Gasteiger partial charge in [0.2, 0.25) is 0 Å². The lowest BCUT2D eigenvalue weighted by molar-refractivity contribution is -0.394. The van der Waals surface area contributed by atoms with Crippen LogP contribution in [0.2, 0.25) is 0 Å². The molecular formula is C24H18N8O6. The molecule has 0 atom stereocenters. The Morgan fingerprint density at radius 3 is 2.29 bits per heavy atom. The van der Waals surface area contributed by atoms with Crippen LogP contribution in [0, 0.1) is 31.6 Å². The number of aromatic nitrogens is 2. The van der Waals surface area contributed by atoms with Crippen LogP contribution < -0.4 is 15.2 Å². The zero-order chi connectivity index (χ0) is 27.4. The van der Waals surface area contributed by atoms with Crippen molar-refractivity contribution in [2.45, 2.75) is 0 Å². The molecule has 1 aromatic heterocycles. The van der Waals surface area contributed by atoms with Crippen molar-refractivity contribution in [3.8, 4) is 34.5 Å². The van der Waals surface area contributed by atoms with Gasteiger partial charge in [-0.3, -0.25) is 20.2 Å². The lowest BCUT2D eigenvalue weighted by Gasteiger charge is -2.08. The summed E-state index contributed by atoms with van der Waals surface area (Å²) in [6.07, 6.45) is 0. The maximum atomic E-state index is 11.7. The van der Waals surface area contributed by atoms with E-state index in [4.69, 9.17) is 15.2 Å². The molecule has 1 heterocycles. The number of benzene rings is 3. The van der Waals surface area contributed by atoms with Crippen LogP contribution >= 0.6 is 0 Å². The summed E-state index contributed by atoms with van der Waals surface area (Å²) in [5.41, 5.74) is 6.59. The number of ether oxygens (including phenoxy) is 2. The summed E-state index contributed by atoms with van der Waals surface area (Å²) in [6.45, 7) is 0. The second-order valence-corrected chi connectivity index (χ2v) is 7.58. The molecule has 0 bridgehead atoms. The van der Waals surface area contributed by atoms with E-state index in [0.717, 1.165) is 16.8 Å². The fourth-order valence-corrected chi connectivity index (χ4v) is 3.60. The average Bonchev–Trinajstić information content (AvgIpc) is 3.26. The normalized spacial score (nSPS) is 10.8. The van der Waals surface area contributed by atoms with Gasteiger partial charge in [-0.1, -0.05) is 30.3 Å². The number of rotatable bonds is 8. The first kappa shape index (κ1) is 25.3. The van der Waals surface area contributed by atoms with Gasteiger partial charge in [0, 0.05) is 23.8 Å². The second kappa shape index (κ2) is 10.4. The summed E-state index contributed by atoms with van der Waals surface area (Å²) in [5, 5.41) is 45.2. The standard InChI is InChI=1S/C24H18N8O6/c1-37-20-12-17(21(38-2)10-15(20)13-25)27-28-23-22(14-6-4-3-5-7-14)29-30(24(23)26)18-9-8-16(31(33)34)11-19(18)32(35)36/h3-12H,26H2,1-2H3. The van der Waals surface area contributed by atoms with E-state index in [1.165, 1.54) is 32.4 Å². The Hall–Kier alpha value is -5.84. The SMILES string of the molecule is COc1cc(N=Nc2c(-c3ccccc3)nn(-c3ccc([N+](=O)[O-])cc3[N+](=O)[O-])c2N)c(OC)cc1C#N. The molecule has 0 aliphatic carbocycles. The molecule has 0 fully saturated rings. The Morgan fingerprint density at radius 2 is 1.68 bits per heavy atom. The van der Waals surface area contributed by atoms with Crippen molar-refractivity contribution in [3.63, 3.8) is 0 Å². The molecule has 2 N–H and O–H groups in total. The predicted molar refractivity (Wildman–Crippen MR) is 135 cm³/mol. The van der Waals surface area contributed by atoms with Crippen molar-refractivity contribution in [1.82, 2.24) is 9.78 Å². The first-order valence-electron chi connectivity index (χ1n) is 10.7. The number of nitriles is 1. The molecule has 190 valence electrons. The number of nitrogen functional groups attached to an aromatic ring is 1. The predicted octanol–water partition coefficient (Wildman–Crippen LogP) is 5.24. The van der Waals surface area contributed by atoms with Crippen LogP contribution in [0.3, 0.4) is 0 Å². The zero-order valence-corrected chi connectivity index (χ0v) is 19.9. The van der Waals surface area contributed by atoms with Crippen LogP contribution in [0.4, 0.5) is 28.6 Å². The van der Waals surface area contributed by atoms with E-state index in [1.807, 2.05) is 6.07 Å². The summed E-state index contributed by atoms with van der Waals surface area (Å²) in [5.74, 6) is 0.379. The van der Waals surface area contributed by atoms with E-state index in [-0.39, 0.29) is 45.6 Å². The van der Waals surface area contributed by atoms with Crippen LogP contribution in [-0.4, -0.2) is 33.8 Å². The smallest absolute Gasteiger partial charge is 0.301 e. The van der Waals surface area contributed by atoms with Crippen molar-refractivity contribution in [3.05, 3.63) is 86.5 Å². The highest BCUT2D eigenvalue weighted by atomic mass is 16.6. The third kappa shape index (κ3) is 4.66. The number of hydrogen-bond acceptors (Lipinski definition) is 11.